The Labute approximate surface area is 177 Å². The fraction of sp³-hybridized carbons (Fsp3) is 0.143. The quantitative estimate of drug-likeness (QED) is 0.515. The lowest BCUT2D eigenvalue weighted by Gasteiger charge is -2.12. The molecule has 0 radical (unpaired) electrons. The van der Waals surface area contributed by atoms with Crippen LogP contribution in [0, 0.1) is 11.3 Å². The molecule has 0 saturated heterocycles. The summed E-state index contributed by atoms with van der Waals surface area (Å²) < 4.78 is 35.0. The number of hydrogen-bond acceptors (Lipinski definition) is 8. The highest BCUT2D eigenvalue weighted by Gasteiger charge is 2.13. The molecule has 0 amide bonds. The van der Waals surface area contributed by atoms with Crippen LogP contribution in [0.2, 0.25) is 0 Å². The van der Waals surface area contributed by atoms with Gasteiger partial charge in [0.25, 0.3) is 0 Å². The van der Waals surface area contributed by atoms with E-state index in [4.69, 9.17) is 10.5 Å². The van der Waals surface area contributed by atoms with Crippen molar-refractivity contribution >= 4 is 29.2 Å². The summed E-state index contributed by atoms with van der Waals surface area (Å²) in [5, 5.41) is 12.6. The molecule has 0 bridgehead atoms. The highest BCUT2D eigenvalue weighted by atomic mass is 19.3. The van der Waals surface area contributed by atoms with Crippen molar-refractivity contribution in [2.24, 2.45) is 0 Å². The SMILES string of the molecule is CCOc1cc(/C=C(\C#N)c2nc(N)nc(Nc3ccccc3)n2)ccc1OC(F)F. The topological polar surface area (TPSA) is 119 Å². The van der Waals surface area contributed by atoms with Crippen molar-refractivity contribution in [3.63, 3.8) is 0 Å². The van der Waals surface area contributed by atoms with E-state index in [1.54, 1.807) is 6.92 Å². The molecule has 0 aliphatic carbocycles. The first-order valence-electron chi connectivity index (χ1n) is 9.16. The number of nitrogens with zero attached hydrogens (tertiary/aromatic N) is 4. The molecule has 3 aromatic rings. The predicted molar refractivity (Wildman–Crippen MR) is 112 cm³/mol. The van der Waals surface area contributed by atoms with Crippen LogP contribution < -0.4 is 20.5 Å². The number of nitriles is 1. The van der Waals surface area contributed by atoms with E-state index in [2.05, 4.69) is 25.0 Å². The minimum absolute atomic E-state index is 0.0549. The van der Waals surface area contributed by atoms with E-state index < -0.39 is 6.61 Å². The van der Waals surface area contributed by atoms with Crippen LogP contribution in [0.15, 0.2) is 48.5 Å². The standard InChI is InChI=1S/C21H18F2N6O2/c1-2-30-17-11-13(8-9-16(17)31-19(22)23)10-14(12-24)18-27-20(25)29-21(28-18)26-15-6-4-3-5-7-15/h3-11,19H,2H2,1H3,(H3,25,26,27,28,29)/b14-10+. The summed E-state index contributed by atoms with van der Waals surface area (Å²) in [4.78, 5) is 12.3. The Hall–Kier alpha value is -4.26. The van der Waals surface area contributed by atoms with Crippen LogP contribution in [-0.2, 0) is 0 Å². The number of hydrogen-bond donors (Lipinski definition) is 2. The lowest BCUT2D eigenvalue weighted by molar-refractivity contribution is -0.0514. The summed E-state index contributed by atoms with van der Waals surface area (Å²) in [6.07, 6.45) is 1.48. The molecule has 3 rings (SSSR count). The van der Waals surface area contributed by atoms with Crippen molar-refractivity contribution in [2.45, 2.75) is 13.5 Å². The Balaban J connectivity index is 1.94. The third kappa shape index (κ3) is 5.86. The number of nitrogens with one attached hydrogen (secondary N) is 1. The Morgan fingerprint density at radius 1 is 1.16 bits per heavy atom. The summed E-state index contributed by atoms with van der Waals surface area (Å²) in [6, 6.07) is 15.5. The molecule has 2 aromatic carbocycles. The highest BCUT2D eigenvalue weighted by molar-refractivity contribution is 5.87. The molecule has 0 atom stereocenters. The van der Waals surface area contributed by atoms with Gasteiger partial charge in [0.15, 0.2) is 17.3 Å². The van der Waals surface area contributed by atoms with Gasteiger partial charge in [-0.3, -0.25) is 0 Å². The summed E-state index contributed by atoms with van der Waals surface area (Å²) in [6.45, 7) is -1.03. The van der Waals surface area contributed by atoms with E-state index >= 15 is 0 Å². The van der Waals surface area contributed by atoms with Crippen LogP contribution in [0.25, 0.3) is 11.6 Å². The van der Waals surface area contributed by atoms with Gasteiger partial charge >= 0.3 is 6.61 Å². The lowest BCUT2D eigenvalue weighted by atomic mass is 10.1. The number of rotatable bonds is 8. The molecule has 158 valence electrons. The van der Waals surface area contributed by atoms with Crippen molar-refractivity contribution in [2.75, 3.05) is 17.7 Å². The third-order valence-electron chi connectivity index (χ3n) is 3.84. The van der Waals surface area contributed by atoms with Crippen molar-refractivity contribution in [1.82, 2.24) is 15.0 Å². The van der Waals surface area contributed by atoms with Gasteiger partial charge in [-0.25, -0.2) is 0 Å². The predicted octanol–water partition coefficient (Wildman–Crippen LogP) is 4.26. The van der Waals surface area contributed by atoms with Crippen LogP contribution in [0.4, 0.5) is 26.4 Å². The maximum absolute atomic E-state index is 12.6. The van der Waals surface area contributed by atoms with Crippen LogP contribution in [-0.4, -0.2) is 28.2 Å². The zero-order valence-electron chi connectivity index (χ0n) is 16.4. The second kappa shape index (κ2) is 9.98. The van der Waals surface area contributed by atoms with Gasteiger partial charge in [-0.1, -0.05) is 24.3 Å². The minimum atomic E-state index is -2.99. The van der Waals surface area contributed by atoms with E-state index in [0.29, 0.717) is 5.56 Å². The first-order chi connectivity index (χ1) is 15.0. The summed E-state index contributed by atoms with van der Waals surface area (Å²) >= 11 is 0. The zero-order chi connectivity index (χ0) is 22.2. The number of nitrogen functional groups attached to an aromatic ring is 1. The van der Waals surface area contributed by atoms with E-state index in [9.17, 15) is 14.0 Å². The number of allylic oxidation sites excluding steroid dienone is 1. The fourth-order valence-electron chi connectivity index (χ4n) is 2.61. The number of para-hydroxylation sites is 1. The number of aromatic nitrogens is 3. The first-order valence-corrected chi connectivity index (χ1v) is 9.16. The van der Waals surface area contributed by atoms with Gasteiger partial charge in [-0.05, 0) is 42.8 Å². The fourth-order valence-corrected chi connectivity index (χ4v) is 2.61. The summed E-state index contributed by atoms with van der Waals surface area (Å²) in [5.74, 6) is 0.173. The molecular formula is C21H18F2N6O2. The smallest absolute Gasteiger partial charge is 0.387 e. The number of alkyl halides is 2. The van der Waals surface area contributed by atoms with Gasteiger partial charge in [-0.2, -0.15) is 29.0 Å². The molecule has 10 heteroatoms. The largest absolute Gasteiger partial charge is 0.490 e. The molecule has 0 fully saturated rings. The first kappa shape index (κ1) is 21.4. The van der Waals surface area contributed by atoms with E-state index in [1.165, 1.54) is 24.3 Å². The van der Waals surface area contributed by atoms with E-state index in [1.807, 2.05) is 36.4 Å². The monoisotopic (exact) mass is 424 g/mol. The van der Waals surface area contributed by atoms with Crippen LogP contribution >= 0.6 is 0 Å². The maximum Gasteiger partial charge on any atom is 0.387 e. The Bertz CT molecular complexity index is 1120. The summed E-state index contributed by atoms with van der Waals surface area (Å²) in [5.41, 5.74) is 7.11. The van der Waals surface area contributed by atoms with E-state index in [-0.39, 0.29) is 41.4 Å². The number of benzene rings is 2. The molecule has 0 saturated carbocycles. The van der Waals surface area contributed by atoms with Crippen LogP contribution in [0.3, 0.4) is 0 Å². The number of halogens is 2. The van der Waals surface area contributed by atoms with Gasteiger partial charge in [0.05, 0.1) is 12.2 Å². The van der Waals surface area contributed by atoms with Gasteiger partial charge in [0, 0.05) is 5.69 Å². The highest BCUT2D eigenvalue weighted by Crippen LogP contribution is 2.31. The molecule has 0 aliphatic rings. The molecule has 31 heavy (non-hydrogen) atoms. The Morgan fingerprint density at radius 3 is 2.61 bits per heavy atom. The van der Waals surface area contributed by atoms with Crippen molar-refractivity contribution in [3.8, 4) is 17.6 Å². The molecule has 0 unspecified atom stereocenters. The average Bonchev–Trinajstić information content (AvgIpc) is 2.74. The average molecular weight is 424 g/mol. The molecule has 8 nitrogen and oxygen atoms in total. The molecule has 0 spiro atoms. The maximum atomic E-state index is 12.6. The lowest BCUT2D eigenvalue weighted by Crippen LogP contribution is -2.06. The van der Waals surface area contributed by atoms with Gasteiger partial charge in [-0.15, -0.1) is 0 Å². The second-order valence-corrected chi connectivity index (χ2v) is 6.02. The molecular weight excluding hydrogens is 406 g/mol. The van der Waals surface area contributed by atoms with Crippen LogP contribution in [0.1, 0.15) is 18.3 Å². The number of nitrogens with two attached hydrogens (primary N) is 1. The van der Waals surface area contributed by atoms with Crippen molar-refractivity contribution < 1.29 is 18.3 Å². The minimum Gasteiger partial charge on any atom is -0.490 e. The molecule has 3 N–H and O–H groups in total. The third-order valence-corrected chi connectivity index (χ3v) is 3.84. The normalized spacial score (nSPS) is 11.1. The zero-order valence-corrected chi connectivity index (χ0v) is 16.4. The van der Waals surface area contributed by atoms with Gasteiger partial charge in [0.1, 0.15) is 6.07 Å². The van der Waals surface area contributed by atoms with Crippen molar-refractivity contribution in [1.29, 1.82) is 5.26 Å². The van der Waals surface area contributed by atoms with Crippen molar-refractivity contribution in [3.05, 3.63) is 59.9 Å². The van der Waals surface area contributed by atoms with E-state index in [0.717, 1.165) is 5.69 Å². The van der Waals surface area contributed by atoms with Crippen LogP contribution in [0.5, 0.6) is 11.5 Å². The Kier molecular flexibility index (Phi) is 6.90. The number of anilines is 3. The molecule has 1 aromatic heterocycles. The molecule has 1 heterocycles. The van der Waals surface area contributed by atoms with Gasteiger partial charge in [0.2, 0.25) is 11.9 Å². The summed E-state index contributed by atoms with van der Waals surface area (Å²) in [7, 11) is 0. The second-order valence-electron chi connectivity index (χ2n) is 6.02. The number of ether oxygens (including phenoxy) is 2. The molecule has 0 aliphatic heterocycles. The van der Waals surface area contributed by atoms with Gasteiger partial charge < -0.3 is 20.5 Å². The Morgan fingerprint density at radius 2 is 1.94 bits per heavy atom.